The van der Waals surface area contributed by atoms with Crippen LogP contribution in [-0.2, 0) is 0 Å². The molecule has 1 saturated heterocycles. The van der Waals surface area contributed by atoms with Gasteiger partial charge in [-0.1, -0.05) is 30.5 Å². The fraction of sp³-hybridized carbons (Fsp3) is 0.429. The molecule has 0 radical (unpaired) electrons. The first kappa shape index (κ1) is 18.1. The predicted molar refractivity (Wildman–Crippen MR) is 110 cm³/mol. The molecule has 1 N–H and O–H groups in total. The number of piperazine rings is 1. The van der Waals surface area contributed by atoms with Crippen LogP contribution in [0.1, 0.15) is 36.0 Å². The highest BCUT2D eigenvalue weighted by molar-refractivity contribution is 6.30. The lowest BCUT2D eigenvalue weighted by atomic mass is 10.2. The average molecular weight is 385 g/mol. The zero-order valence-electron chi connectivity index (χ0n) is 15.4. The van der Waals surface area contributed by atoms with Gasteiger partial charge in [0, 0.05) is 54.7 Å². The van der Waals surface area contributed by atoms with Crippen molar-refractivity contribution in [2.45, 2.75) is 31.7 Å². The highest BCUT2D eigenvalue weighted by Gasteiger charge is 2.21. The van der Waals surface area contributed by atoms with Crippen molar-refractivity contribution >= 4 is 29.0 Å². The van der Waals surface area contributed by atoms with Gasteiger partial charge in [0.05, 0.1) is 0 Å². The van der Waals surface area contributed by atoms with Crippen molar-refractivity contribution < 1.29 is 4.79 Å². The van der Waals surface area contributed by atoms with E-state index >= 15 is 0 Å². The van der Waals surface area contributed by atoms with E-state index in [1.807, 2.05) is 24.3 Å². The molecule has 5 nitrogen and oxygen atoms in total. The molecule has 1 aliphatic heterocycles. The molecular weight excluding hydrogens is 360 g/mol. The van der Waals surface area contributed by atoms with Gasteiger partial charge in [-0.15, -0.1) is 0 Å². The second kappa shape index (κ2) is 8.17. The Morgan fingerprint density at radius 2 is 1.78 bits per heavy atom. The number of carbonyl (C=O) groups is 1. The van der Waals surface area contributed by atoms with Crippen molar-refractivity contribution in [1.82, 2.24) is 10.3 Å². The largest absolute Gasteiger partial charge is 0.368 e. The summed E-state index contributed by atoms with van der Waals surface area (Å²) in [5.74, 6) is 0.892. The molecule has 6 heteroatoms. The zero-order chi connectivity index (χ0) is 18.6. The van der Waals surface area contributed by atoms with Crippen molar-refractivity contribution in [3.8, 4) is 0 Å². The minimum Gasteiger partial charge on any atom is -0.368 e. The maximum Gasteiger partial charge on any atom is 0.251 e. The second-order valence-corrected chi connectivity index (χ2v) is 7.75. The number of hydrogen-bond donors (Lipinski definition) is 1. The van der Waals surface area contributed by atoms with Crippen molar-refractivity contribution in [3.63, 3.8) is 0 Å². The van der Waals surface area contributed by atoms with Crippen LogP contribution in [-0.4, -0.2) is 43.1 Å². The molecule has 0 bridgehead atoms. The summed E-state index contributed by atoms with van der Waals surface area (Å²) in [7, 11) is 0. The van der Waals surface area contributed by atoms with Crippen LogP contribution < -0.4 is 15.1 Å². The molecule has 1 saturated carbocycles. The summed E-state index contributed by atoms with van der Waals surface area (Å²) in [6.07, 6.45) is 6.35. The SMILES string of the molecule is O=C(NC1CCCC1)c1ccnc(N2CCN(c3cccc(Cl)c3)CC2)c1. The highest BCUT2D eigenvalue weighted by Crippen LogP contribution is 2.23. The minimum absolute atomic E-state index is 0.0168. The van der Waals surface area contributed by atoms with E-state index in [-0.39, 0.29) is 5.91 Å². The molecule has 4 rings (SSSR count). The number of anilines is 2. The number of carbonyl (C=O) groups excluding carboxylic acids is 1. The lowest BCUT2D eigenvalue weighted by Crippen LogP contribution is -2.47. The fourth-order valence-corrected chi connectivity index (χ4v) is 4.12. The summed E-state index contributed by atoms with van der Waals surface area (Å²) in [6, 6.07) is 12.0. The quantitative estimate of drug-likeness (QED) is 0.872. The number of nitrogens with one attached hydrogen (secondary N) is 1. The molecule has 2 aromatic rings. The van der Waals surface area contributed by atoms with Gasteiger partial charge in [-0.2, -0.15) is 0 Å². The van der Waals surface area contributed by atoms with Gasteiger partial charge in [0.1, 0.15) is 5.82 Å². The molecule has 2 fully saturated rings. The van der Waals surface area contributed by atoms with Gasteiger partial charge in [0.15, 0.2) is 0 Å². The Hall–Kier alpha value is -2.27. The zero-order valence-corrected chi connectivity index (χ0v) is 16.2. The Labute approximate surface area is 165 Å². The normalized spacial score (nSPS) is 18.0. The van der Waals surface area contributed by atoms with E-state index in [1.165, 1.54) is 12.8 Å². The summed E-state index contributed by atoms with van der Waals surface area (Å²) in [5, 5.41) is 3.91. The fourth-order valence-electron chi connectivity index (χ4n) is 3.94. The van der Waals surface area contributed by atoms with Crippen LogP contribution in [0.2, 0.25) is 5.02 Å². The van der Waals surface area contributed by atoms with Crippen molar-refractivity contribution in [2.24, 2.45) is 0 Å². The van der Waals surface area contributed by atoms with Gasteiger partial charge in [-0.05, 0) is 43.2 Å². The van der Waals surface area contributed by atoms with Gasteiger partial charge < -0.3 is 15.1 Å². The Morgan fingerprint density at radius 1 is 1.04 bits per heavy atom. The van der Waals surface area contributed by atoms with E-state index in [4.69, 9.17) is 11.6 Å². The van der Waals surface area contributed by atoms with E-state index in [2.05, 4.69) is 26.2 Å². The lowest BCUT2D eigenvalue weighted by Gasteiger charge is -2.36. The predicted octanol–water partition coefficient (Wildman–Crippen LogP) is 3.73. The van der Waals surface area contributed by atoms with Crippen LogP contribution in [0.25, 0.3) is 0 Å². The molecule has 1 aromatic heterocycles. The van der Waals surface area contributed by atoms with E-state index in [9.17, 15) is 4.79 Å². The standard InChI is InChI=1S/C21H25ClN4O/c22-17-4-3-7-19(15-17)25-10-12-26(13-11-25)20-14-16(8-9-23-20)21(27)24-18-5-1-2-6-18/h3-4,7-9,14-15,18H,1-2,5-6,10-13H2,(H,24,27). The Kier molecular flexibility index (Phi) is 5.48. The molecule has 142 valence electrons. The molecule has 27 heavy (non-hydrogen) atoms. The number of benzene rings is 1. The summed E-state index contributed by atoms with van der Waals surface area (Å²) in [4.78, 5) is 21.6. The Balaban J connectivity index is 1.39. The Morgan fingerprint density at radius 3 is 2.52 bits per heavy atom. The third kappa shape index (κ3) is 4.35. The van der Waals surface area contributed by atoms with Crippen molar-refractivity contribution in [2.75, 3.05) is 36.0 Å². The molecule has 1 aliphatic carbocycles. The minimum atomic E-state index is 0.0168. The van der Waals surface area contributed by atoms with E-state index in [1.54, 1.807) is 12.3 Å². The number of aromatic nitrogens is 1. The monoisotopic (exact) mass is 384 g/mol. The Bertz CT molecular complexity index is 798. The van der Waals surface area contributed by atoms with E-state index in [0.717, 1.165) is 55.5 Å². The second-order valence-electron chi connectivity index (χ2n) is 7.31. The lowest BCUT2D eigenvalue weighted by molar-refractivity contribution is 0.0938. The summed E-state index contributed by atoms with van der Waals surface area (Å²) >= 11 is 6.11. The highest BCUT2D eigenvalue weighted by atomic mass is 35.5. The van der Waals surface area contributed by atoms with Crippen LogP contribution in [0.15, 0.2) is 42.6 Å². The number of hydrogen-bond acceptors (Lipinski definition) is 4. The summed E-state index contributed by atoms with van der Waals surface area (Å²) in [6.45, 7) is 3.54. The molecule has 1 amide bonds. The smallest absolute Gasteiger partial charge is 0.251 e. The van der Waals surface area contributed by atoms with Crippen LogP contribution in [0.4, 0.5) is 11.5 Å². The topological polar surface area (TPSA) is 48.5 Å². The third-order valence-electron chi connectivity index (χ3n) is 5.48. The van der Waals surface area contributed by atoms with Gasteiger partial charge in [-0.25, -0.2) is 4.98 Å². The van der Waals surface area contributed by atoms with Gasteiger partial charge >= 0.3 is 0 Å². The summed E-state index contributed by atoms with van der Waals surface area (Å²) in [5.41, 5.74) is 1.85. The first-order valence-corrected chi connectivity index (χ1v) is 10.1. The number of amides is 1. The molecule has 2 heterocycles. The molecule has 1 aromatic carbocycles. The van der Waals surface area contributed by atoms with Crippen LogP contribution in [0.5, 0.6) is 0 Å². The van der Waals surface area contributed by atoms with Crippen LogP contribution in [0.3, 0.4) is 0 Å². The number of pyridine rings is 1. The first-order chi connectivity index (χ1) is 13.2. The molecular formula is C21H25ClN4O. The van der Waals surface area contributed by atoms with Gasteiger partial charge in [0.25, 0.3) is 5.91 Å². The molecule has 0 unspecified atom stereocenters. The molecule has 0 spiro atoms. The van der Waals surface area contributed by atoms with Crippen molar-refractivity contribution in [3.05, 3.63) is 53.2 Å². The number of rotatable bonds is 4. The average Bonchev–Trinajstić information content (AvgIpc) is 3.21. The number of halogens is 1. The molecule has 2 aliphatic rings. The van der Waals surface area contributed by atoms with E-state index in [0.29, 0.717) is 11.6 Å². The molecule has 0 atom stereocenters. The van der Waals surface area contributed by atoms with Crippen LogP contribution in [0, 0.1) is 0 Å². The number of nitrogens with zero attached hydrogens (tertiary/aromatic N) is 3. The summed E-state index contributed by atoms with van der Waals surface area (Å²) < 4.78 is 0. The maximum absolute atomic E-state index is 12.5. The van der Waals surface area contributed by atoms with Crippen LogP contribution >= 0.6 is 11.6 Å². The first-order valence-electron chi connectivity index (χ1n) is 9.71. The third-order valence-corrected chi connectivity index (χ3v) is 5.71. The van der Waals surface area contributed by atoms with Gasteiger partial charge in [-0.3, -0.25) is 4.79 Å². The maximum atomic E-state index is 12.5. The van der Waals surface area contributed by atoms with Crippen molar-refractivity contribution in [1.29, 1.82) is 0 Å². The van der Waals surface area contributed by atoms with Gasteiger partial charge in [0.2, 0.25) is 0 Å². The van der Waals surface area contributed by atoms with E-state index < -0.39 is 0 Å².